The fourth-order valence-electron chi connectivity index (χ4n) is 2.67. The molecule has 1 aromatic heterocycles. The summed E-state index contributed by atoms with van der Waals surface area (Å²) in [6, 6.07) is 10.7. The van der Waals surface area contributed by atoms with Crippen LogP contribution in [0.5, 0.6) is 11.5 Å². The number of nitrogens with one attached hydrogen (secondary N) is 1. The van der Waals surface area contributed by atoms with Gasteiger partial charge in [0, 0.05) is 28.1 Å². The predicted molar refractivity (Wildman–Crippen MR) is 125 cm³/mol. The van der Waals surface area contributed by atoms with Crippen LogP contribution in [0.4, 0.5) is 5.13 Å². The van der Waals surface area contributed by atoms with E-state index in [4.69, 9.17) is 32.7 Å². The lowest BCUT2D eigenvalue weighted by Gasteiger charge is -2.13. The number of carbonyl (C=O) groups excluding carboxylic acids is 1. The number of methoxy groups -OCH3 is 1. The first-order chi connectivity index (χ1) is 15.0. The van der Waals surface area contributed by atoms with Gasteiger partial charge in [-0.25, -0.2) is 0 Å². The van der Waals surface area contributed by atoms with Crippen LogP contribution < -0.4 is 14.8 Å². The summed E-state index contributed by atoms with van der Waals surface area (Å²) in [6.07, 6.45) is 4.94. The van der Waals surface area contributed by atoms with Crippen LogP contribution >= 0.6 is 34.5 Å². The van der Waals surface area contributed by atoms with Gasteiger partial charge >= 0.3 is 0 Å². The van der Waals surface area contributed by atoms with Crippen LogP contribution in [-0.2, 0) is 17.8 Å². The lowest BCUT2D eigenvalue weighted by Crippen LogP contribution is -2.07. The van der Waals surface area contributed by atoms with Crippen LogP contribution in [0.3, 0.4) is 0 Å². The zero-order chi connectivity index (χ0) is 22.2. The normalized spacial score (nSPS) is 11.0. The Morgan fingerprint density at radius 2 is 1.94 bits per heavy atom. The molecule has 0 saturated heterocycles. The number of aryl methyl sites for hydroxylation is 1. The molecule has 1 N–H and O–H groups in total. The Hall–Kier alpha value is -2.61. The van der Waals surface area contributed by atoms with Crippen molar-refractivity contribution in [2.24, 2.45) is 0 Å². The molecule has 162 valence electrons. The van der Waals surface area contributed by atoms with E-state index in [1.54, 1.807) is 43.5 Å². The number of nitrogens with zero attached hydrogens (tertiary/aromatic N) is 2. The molecule has 0 fully saturated rings. The molecule has 9 heteroatoms. The molecule has 1 amide bonds. The molecule has 0 aliphatic heterocycles. The van der Waals surface area contributed by atoms with Gasteiger partial charge in [0.1, 0.15) is 11.6 Å². The largest absolute Gasteiger partial charge is 0.493 e. The molecular formula is C22H21Cl2N3O3S. The SMILES string of the molecule is CCCc1nnc(NC(=O)/C=C/c2ccc(OCc3c(Cl)cccc3Cl)c(OC)c2)s1. The second-order valence-electron chi connectivity index (χ2n) is 6.47. The summed E-state index contributed by atoms with van der Waals surface area (Å²) in [5, 5.41) is 13.2. The first-order valence-electron chi connectivity index (χ1n) is 9.55. The summed E-state index contributed by atoms with van der Waals surface area (Å²) in [4.78, 5) is 12.2. The maximum absolute atomic E-state index is 12.2. The number of amides is 1. The van der Waals surface area contributed by atoms with E-state index in [0.29, 0.717) is 32.2 Å². The maximum atomic E-state index is 12.2. The molecule has 0 atom stereocenters. The minimum Gasteiger partial charge on any atom is -0.493 e. The average Bonchev–Trinajstić information content (AvgIpc) is 3.19. The number of halogens is 2. The van der Waals surface area contributed by atoms with Gasteiger partial charge < -0.3 is 9.47 Å². The topological polar surface area (TPSA) is 73.3 Å². The van der Waals surface area contributed by atoms with Crippen LogP contribution in [-0.4, -0.2) is 23.2 Å². The maximum Gasteiger partial charge on any atom is 0.250 e. The molecule has 6 nitrogen and oxygen atoms in total. The van der Waals surface area contributed by atoms with Crippen LogP contribution in [0.2, 0.25) is 10.0 Å². The molecule has 0 spiro atoms. The highest BCUT2D eigenvalue weighted by Crippen LogP contribution is 2.31. The molecular weight excluding hydrogens is 457 g/mol. The van der Waals surface area contributed by atoms with E-state index in [9.17, 15) is 4.79 Å². The van der Waals surface area contributed by atoms with Crippen LogP contribution in [0.1, 0.15) is 29.5 Å². The van der Waals surface area contributed by atoms with Crippen molar-refractivity contribution < 1.29 is 14.3 Å². The van der Waals surface area contributed by atoms with Gasteiger partial charge in [-0.05, 0) is 42.3 Å². The zero-order valence-electron chi connectivity index (χ0n) is 17.0. The van der Waals surface area contributed by atoms with E-state index in [1.807, 2.05) is 6.07 Å². The number of ether oxygens (including phenoxy) is 2. The molecule has 0 saturated carbocycles. The Balaban J connectivity index is 1.64. The van der Waals surface area contributed by atoms with Crippen LogP contribution in [0.15, 0.2) is 42.5 Å². The minimum atomic E-state index is -0.285. The van der Waals surface area contributed by atoms with E-state index >= 15 is 0 Å². The van der Waals surface area contributed by atoms with Crippen molar-refractivity contribution in [2.45, 2.75) is 26.4 Å². The lowest BCUT2D eigenvalue weighted by atomic mass is 10.2. The summed E-state index contributed by atoms with van der Waals surface area (Å²) >= 11 is 13.8. The van der Waals surface area contributed by atoms with Crippen molar-refractivity contribution >= 4 is 51.7 Å². The van der Waals surface area contributed by atoms with E-state index in [2.05, 4.69) is 22.4 Å². The number of hydrogen-bond donors (Lipinski definition) is 1. The summed E-state index contributed by atoms with van der Waals surface area (Å²) in [7, 11) is 1.55. The molecule has 0 aliphatic carbocycles. The van der Waals surface area contributed by atoms with Gasteiger partial charge in [0.2, 0.25) is 11.0 Å². The molecule has 1 heterocycles. The summed E-state index contributed by atoms with van der Waals surface area (Å²) < 4.78 is 11.3. The Kier molecular flexibility index (Phi) is 8.28. The quantitative estimate of drug-likeness (QED) is 0.380. The van der Waals surface area contributed by atoms with E-state index in [-0.39, 0.29) is 12.5 Å². The van der Waals surface area contributed by atoms with Crippen LogP contribution in [0, 0.1) is 0 Å². The van der Waals surface area contributed by atoms with Crippen molar-refractivity contribution in [3.05, 3.63) is 68.7 Å². The van der Waals surface area contributed by atoms with Gasteiger partial charge in [-0.1, -0.05) is 53.6 Å². The van der Waals surface area contributed by atoms with Crippen molar-refractivity contribution in [1.29, 1.82) is 0 Å². The molecule has 0 bridgehead atoms. The third-order valence-corrected chi connectivity index (χ3v) is 5.82. The van der Waals surface area contributed by atoms with Crippen molar-refractivity contribution in [2.75, 3.05) is 12.4 Å². The van der Waals surface area contributed by atoms with Gasteiger partial charge in [0.05, 0.1) is 7.11 Å². The Labute approximate surface area is 194 Å². The average molecular weight is 478 g/mol. The second kappa shape index (κ2) is 11.1. The van der Waals surface area contributed by atoms with Crippen LogP contribution in [0.25, 0.3) is 6.08 Å². The number of rotatable bonds is 9. The fourth-order valence-corrected chi connectivity index (χ4v) is 4.02. The van der Waals surface area contributed by atoms with E-state index in [1.165, 1.54) is 17.4 Å². The molecule has 0 unspecified atom stereocenters. The molecule has 0 radical (unpaired) electrons. The Morgan fingerprint density at radius 3 is 2.65 bits per heavy atom. The third kappa shape index (κ3) is 6.43. The minimum absolute atomic E-state index is 0.203. The number of carbonyl (C=O) groups is 1. The van der Waals surface area contributed by atoms with E-state index < -0.39 is 0 Å². The monoisotopic (exact) mass is 477 g/mol. The number of hydrogen-bond acceptors (Lipinski definition) is 6. The van der Waals surface area contributed by atoms with Gasteiger partial charge in [-0.15, -0.1) is 10.2 Å². The number of anilines is 1. The number of aromatic nitrogens is 2. The Morgan fingerprint density at radius 1 is 1.16 bits per heavy atom. The molecule has 2 aromatic carbocycles. The molecule has 31 heavy (non-hydrogen) atoms. The first kappa shape index (κ1) is 23.1. The highest BCUT2D eigenvalue weighted by Gasteiger charge is 2.10. The smallest absolute Gasteiger partial charge is 0.250 e. The van der Waals surface area contributed by atoms with Crippen molar-refractivity contribution in [1.82, 2.24) is 10.2 Å². The van der Waals surface area contributed by atoms with Gasteiger partial charge in [-0.3, -0.25) is 10.1 Å². The van der Waals surface area contributed by atoms with Crippen molar-refractivity contribution in [3.63, 3.8) is 0 Å². The summed E-state index contributed by atoms with van der Waals surface area (Å²) in [5.41, 5.74) is 1.48. The zero-order valence-corrected chi connectivity index (χ0v) is 19.4. The fraction of sp³-hybridized carbons (Fsp3) is 0.227. The first-order valence-corrected chi connectivity index (χ1v) is 11.1. The van der Waals surface area contributed by atoms with E-state index in [0.717, 1.165) is 23.4 Å². The molecule has 3 rings (SSSR count). The highest BCUT2D eigenvalue weighted by molar-refractivity contribution is 7.15. The van der Waals surface area contributed by atoms with Crippen molar-refractivity contribution in [3.8, 4) is 11.5 Å². The van der Waals surface area contributed by atoms with Gasteiger partial charge in [0.15, 0.2) is 11.5 Å². The predicted octanol–water partition coefficient (Wildman–Crippen LogP) is 6.04. The standard InChI is InChI=1S/C22H21Cl2N3O3S/c1-3-5-21-26-27-22(31-21)25-20(28)11-9-14-8-10-18(19(12-14)29-2)30-13-15-16(23)6-4-7-17(15)24/h4,6-12H,3,5,13H2,1-2H3,(H,25,27,28)/b11-9+. The highest BCUT2D eigenvalue weighted by atomic mass is 35.5. The second-order valence-corrected chi connectivity index (χ2v) is 8.35. The summed E-state index contributed by atoms with van der Waals surface area (Å²) in [5.74, 6) is 0.781. The molecule has 0 aliphatic rings. The molecule has 3 aromatic rings. The summed E-state index contributed by atoms with van der Waals surface area (Å²) in [6.45, 7) is 2.27. The van der Waals surface area contributed by atoms with Gasteiger partial charge in [0.25, 0.3) is 0 Å². The Bertz CT molecular complexity index is 1070. The number of benzene rings is 2. The lowest BCUT2D eigenvalue weighted by molar-refractivity contribution is -0.111. The third-order valence-electron chi connectivity index (χ3n) is 4.21. The van der Waals surface area contributed by atoms with Gasteiger partial charge in [-0.2, -0.15) is 0 Å².